The largest absolute Gasteiger partial charge is 0.465 e. The number of hydrogen-bond donors (Lipinski definition) is 0. The van der Waals surface area contributed by atoms with Gasteiger partial charge in [-0.15, -0.1) is 0 Å². The fourth-order valence-corrected chi connectivity index (χ4v) is 2.50. The third-order valence-corrected chi connectivity index (χ3v) is 3.97. The molecule has 0 atom stereocenters. The summed E-state index contributed by atoms with van der Waals surface area (Å²) in [6, 6.07) is 7.13. The molecule has 0 saturated carbocycles. The predicted octanol–water partition coefficient (Wildman–Crippen LogP) is 2.51. The van der Waals surface area contributed by atoms with Crippen LogP contribution in [0, 0.1) is 8.99 Å². The van der Waals surface area contributed by atoms with Crippen molar-refractivity contribution in [3.05, 3.63) is 33.4 Å². The Labute approximate surface area is 155 Å². The van der Waals surface area contributed by atoms with Crippen LogP contribution in [-0.4, -0.2) is 37.7 Å². The molecule has 0 N–H and O–H groups in total. The van der Waals surface area contributed by atoms with Crippen LogP contribution in [0.3, 0.4) is 0 Å². The molecule has 132 valence electrons. The van der Waals surface area contributed by atoms with Crippen molar-refractivity contribution in [2.75, 3.05) is 19.8 Å². The minimum absolute atomic E-state index is 0.0338. The molecule has 1 aromatic carbocycles. The van der Waals surface area contributed by atoms with Crippen molar-refractivity contribution in [3.8, 4) is 0 Å². The maximum atomic E-state index is 12.5. The Bertz CT molecular complexity index is 536. The van der Waals surface area contributed by atoms with Gasteiger partial charge in [0.25, 0.3) is 5.41 Å². The van der Waals surface area contributed by atoms with Crippen LogP contribution < -0.4 is 0 Å². The number of carbonyl (C=O) groups is 3. The Morgan fingerprint density at radius 2 is 1.21 bits per heavy atom. The molecule has 6 nitrogen and oxygen atoms in total. The van der Waals surface area contributed by atoms with Gasteiger partial charge in [0.05, 0.1) is 19.8 Å². The predicted molar refractivity (Wildman–Crippen MR) is 95.2 cm³/mol. The van der Waals surface area contributed by atoms with Crippen molar-refractivity contribution in [2.45, 2.75) is 27.2 Å². The van der Waals surface area contributed by atoms with Gasteiger partial charge in [0.15, 0.2) is 0 Å². The van der Waals surface area contributed by atoms with Gasteiger partial charge in [-0.1, -0.05) is 12.1 Å². The molecule has 0 bridgehead atoms. The molecule has 1 rings (SSSR count). The van der Waals surface area contributed by atoms with E-state index in [-0.39, 0.29) is 26.2 Å². The van der Waals surface area contributed by atoms with Crippen molar-refractivity contribution in [1.82, 2.24) is 0 Å². The Morgan fingerprint density at radius 1 is 0.833 bits per heavy atom. The monoisotopic (exact) mass is 448 g/mol. The fraction of sp³-hybridized carbons (Fsp3) is 0.471. The van der Waals surface area contributed by atoms with E-state index in [1.165, 1.54) is 0 Å². The van der Waals surface area contributed by atoms with Crippen LogP contribution in [0.25, 0.3) is 0 Å². The van der Waals surface area contributed by atoms with Crippen LogP contribution in [0.5, 0.6) is 0 Å². The van der Waals surface area contributed by atoms with Crippen LogP contribution in [0.4, 0.5) is 0 Å². The highest BCUT2D eigenvalue weighted by molar-refractivity contribution is 14.1. The van der Waals surface area contributed by atoms with Gasteiger partial charge in [0.2, 0.25) is 0 Å². The molecule has 0 aromatic heterocycles. The second-order valence-corrected chi connectivity index (χ2v) is 6.12. The van der Waals surface area contributed by atoms with Crippen LogP contribution in [0.15, 0.2) is 24.3 Å². The van der Waals surface area contributed by atoms with E-state index in [0.717, 1.165) is 3.57 Å². The number of hydrogen-bond acceptors (Lipinski definition) is 6. The summed E-state index contributed by atoms with van der Waals surface area (Å²) >= 11 is 2.14. The summed E-state index contributed by atoms with van der Waals surface area (Å²) in [5.41, 5.74) is -1.53. The van der Waals surface area contributed by atoms with Gasteiger partial charge in [0, 0.05) is 9.99 Å². The SMILES string of the molecule is CCOC(=O)C(Cc1ccc(I)cc1)(C(=O)OCC)C(=O)OCC. The van der Waals surface area contributed by atoms with E-state index in [2.05, 4.69) is 22.6 Å². The molecule has 24 heavy (non-hydrogen) atoms. The van der Waals surface area contributed by atoms with Gasteiger partial charge in [-0.05, 0) is 61.1 Å². The molecule has 7 heteroatoms. The minimum atomic E-state index is -2.16. The summed E-state index contributed by atoms with van der Waals surface area (Å²) in [4.78, 5) is 37.6. The highest BCUT2D eigenvalue weighted by atomic mass is 127. The molecule has 0 heterocycles. The highest BCUT2D eigenvalue weighted by Crippen LogP contribution is 2.30. The van der Waals surface area contributed by atoms with E-state index in [0.29, 0.717) is 5.56 Å². The smallest absolute Gasteiger partial charge is 0.335 e. The Kier molecular flexibility index (Phi) is 8.17. The van der Waals surface area contributed by atoms with Gasteiger partial charge in [0.1, 0.15) is 0 Å². The lowest BCUT2D eigenvalue weighted by Gasteiger charge is -2.27. The van der Waals surface area contributed by atoms with Crippen molar-refractivity contribution in [2.24, 2.45) is 5.41 Å². The summed E-state index contributed by atoms with van der Waals surface area (Å²) < 4.78 is 16.0. The summed E-state index contributed by atoms with van der Waals surface area (Å²) in [5, 5.41) is 0. The maximum absolute atomic E-state index is 12.5. The Morgan fingerprint density at radius 3 is 1.54 bits per heavy atom. The second kappa shape index (κ2) is 9.61. The lowest BCUT2D eigenvalue weighted by molar-refractivity contribution is -0.183. The molecule has 0 saturated heterocycles. The van der Waals surface area contributed by atoms with Gasteiger partial charge < -0.3 is 14.2 Å². The summed E-state index contributed by atoms with van der Waals surface area (Å²) in [6.45, 7) is 4.90. The van der Waals surface area contributed by atoms with E-state index in [1.807, 2.05) is 12.1 Å². The van der Waals surface area contributed by atoms with Crippen molar-refractivity contribution in [3.63, 3.8) is 0 Å². The highest BCUT2D eigenvalue weighted by Gasteiger charge is 2.57. The molecule has 1 aromatic rings. The molecule has 0 aliphatic heterocycles. The van der Waals surface area contributed by atoms with Crippen LogP contribution in [0.1, 0.15) is 26.3 Å². The zero-order chi connectivity index (χ0) is 18.2. The molecule has 0 radical (unpaired) electrons. The molecule has 0 spiro atoms. The topological polar surface area (TPSA) is 78.9 Å². The van der Waals surface area contributed by atoms with Crippen LogP contribution in [0.2, 0.25) is 0 Å². The van der Waals surface area contributed by atoms with Crippen molar-refractivity contribution < 1.29 is 28.6 Å². The average Bonchev–Trinajstić information content (AvgIpc) is 2.54. The number of benzene rings is 1. The quantitative estimate of drug-likeness (QED) is 0.263. The third kappa shape index (κ3) is 4.68. The standard InChI is InChI=1S/C17H21IO6/c1-4-22-14(19)17(15(20)23-5-2,16(21)24-6-3)11-12-7-9-13(18)10-8-12/h7-10H,4-6,11H2,1-3H3. The second-order valence-electron chi connectivity index (χ2n) is 4.87. The van der Waals surface area contributed by atoms with Crippen LogP contribution in [-0.2, 0) is 35.0 Å². The number of halogens is 1. The average molecular weight is 448 g/mol. The first kappa shape index (κ1) is 20.4. The van der Waals surface area contributed by atoms with E-state index in [9.17, 15) is 14.4 Å². The molecular weight excluding hydrogens is 427 g/mol. The van der Waals surface area contributed by atoms with Crippen molar-refractivity contribution >= 4 is 40.5 Å². The molecule has 0 fully saturated rings. The third-order valence-electron chi connectivity index (χ3n) is 3.25. The zero-order valence-corrected chi connectivity index (χ0v) is 16.1. The molecule has 0 aliphatic rings. The normalized spacial score (nSPS) is 10.8. The molecule has 0 aliphatic carbocycles. The van der Waals surface area contributed by atoms with Gasteiger partial charge in [-0.25, -0.2) is 0 Å². The lowest BCUT2D eigenvalue weighted by atomic mass is 9.81. The molecular formula is C17H21IO6. The zero-order valence-electron chi connectivity index (χ0n) is 14.0. The Balaban J connectivity index is 3.37. The fourth-order valence-electron chi connectivity index (χ4n) is 2.14. The van der Waals surface area contributed by atoms with Gasteiger partial charge in [-0.3, -0.25) is 14.4 Å². The molecule has 0 unspecified atom stereocenters. The summed E-state index contributed by atoms with van der Waals surface area (Å²) in [6.07, 6.45) is -0.180. The maximum Gasteiger partial charge on any atom is 0.335 e. The summed E-state index contributed by atoms with van der Waals surface area (Å²) in [5.74, 6) is -2.87. The van der Waals surface area contributed by atoms with Crippen molar-refractivity contribution in [1.29, 1.82) is 0 Å². The van der Waals surface area contributed by atoms with Gasteiger partial charge >= 0.3 is 17.9 Å². The molecule has 0 amide bonds. The first-order valence-electron chi connectivity index (χ1n) is 7.68. The van der Waals surface area contributed by atoms with E-state index in [1.54, 1.807) is 32.9 Å². The number of esters is 3. The first-order valence-corrected chi connectivity index (χ1v) is 8.76. The van der Waals surface area contributed by atoms with E-state index < -0.39 is 23.3 Å². The Hall–Kier alpha value is -1.64. The first-order chi connectivity index (χ1) is 11.4. The number of ether oxygens (including phenoxy) is 3. The van der Waals surface area contributed by atoms with E-state index in [4.69, 9.17) is 14.2 Å². The summed E-state index contributed by atoms with van der Waals surface area (Å²) in [7, 11) is 0. The number of rotatable bonds is 8. The van der Waals surface area contributed by atoms with Crippen LogP contribution >= 0.6 is 22.6 Å². The lowest BCUT2D eigenvalue weighted by Crippen LogP contribution is -2.51. The van der Waals surface area contributed by atoms with E-state index >= 15 is 0 Å². The minimum Gasteiger partial charge on any atom is -0.465 e. The number of carbonyl (C=O) groups excluding carboxylic acids is 3. The van der Waals surface area contributed by atoms with Gasteiger partial charge in [-0.2, -0.15) is 0 Å².